The third-order valence-corrected chi connectivity index (χ3v) is 3.01. The minimum atomic E-state index is -0.109. The Morgan fingerprint density at radius 2 is 1.81 bits per heavy atom. The van der Waals surface area contributed by atoms with E-state index in [4.69, 9.17) is 5.26 Å². The number of nitrogens with zero attached hydrogens (tertiary/aromatic N) is 3. The number of hydrogen-bond acceptors (Lipinski definition) is 3. The molecule has 0 atom stereocenters. The van der Waals surface area contributed by atoms with Gasteiger partial charge in [0.1, 0.15) is 0 Å². The van der Waals surface area contributed by atoms with Crippen LogP contribution in [0.15, 0.2) is 48.8 Å². The van der Waals surface area contributed by atoms with Crippen LogP contribution >= 0.6 is 0 Å². The summed E-state index contributed by atoms with van der Waals surface area (Å²) in [7, 11) is 3.94. The van der Waals surface area contributed by atoms with Crippen LogP contribution in [-0.4, -0.2) is 20.0 Å². The molecule has 0 aliphatic rings. The Morgan fingerprint density at radius 3 is 2.33 bits per heavy atom. The van der Waals surface area contributed by atoms with Crippen molar-refractivity contribution in [3.63, 3.8) is 0 Å². The van der Waals surface area contributed by atoms with E-state index < -0.39 is 0 Å². The maximum absolute atomic E-state index is 11.9. The molecule has 5 nitrogen and oxygen atoms in total. The van der Waals surface area contributed by atoms with E-state index >= 15 is 0 Å². The minimum absolute atomic E-state index is 0.109. The Labute approximate surface area is 124 Å². The zero-order valence-corrected chi connectivity index (χ0v) is 12.1. The number of carbonyl (C=O) groups is 1. The number of pyridine rings is 1. The molecule has 0 unspecified atom stereocenters. The summed E-state index contributed by atoms with van der Waals surface area (Å²) < 4.78 is 1.81. The van der Waals surface area contributed by atoms with Gasteiger partial charge in [-0.3, -0.25) is 4.79 Å². The van der Waals surface area contributed by atoms with Gasteiger partial charge >= 0.3 is 0 Å². The number of hydrogen-bond donors (Lipinski definition) is 1. The molecular weight excluding hydrogens is 264 g/mol. The highest BCUT2D eigenvalue weighted by Gasteiger charge is 2.10. The number of aromatic nitrogens is 1. The van der Waals surface area contributed by atoms with Crippen LogP contribution in [0.25, 0.3) is 0 Å². The normalized spacial score (nSPS) is 9.76. The van der Waals surface area contributed by atoms with Crippen molar-refractivity contribution in [3.8, 4) is 6.07 Å². The van der Waals surface area contributed by atoms with Crippen LogP contribution < -0.4 is 14.8 Å². The van der Waals surface area contributed by atoms with Crippen molar-refractivity contribution >= 4 is 17.3 Å². The molecule has 0 saturated heterocycles. The fourth-order valence-electron chi connectivity index (χ4n) is 1.85. The molecule has 0 aliphatic heterocycles. The fourth-order valence-corrected chi connectivity index (χ4v) is 1.85. The summed E-state index contributed by atoms with van der Waals surface area (Å²) >= 11 is 0. The molecule has 1 heterocycles. The SMILES string of the molecule is CN(C)c1cc[n+](CC(=O)Nc2ccc(C#N)cc2)cc1. The topological polar surface area (TPSA) is 60.0 Å². The van der Waals surface area contributed by atoms with Crippen LogP contribution in [0.4, 0.5) is 11.4 Å². The van der Waals surface area contributed by atoms with E-state index in [0.717, 1.165) is 5.69 Å². The van der Waals surface area contributed by atoms with Gasteiger partial charge in [0.05, 0.1) is 11.6 Å². The Kier molecular flexibility index (Phi) is 4.52. The van der Waals surface area contributed by atoms with Crippen LogP contribution in [0.2, 0.25) is 0 Å². The molecule has 1 aromatic heterocycles. The first-order valence-corrected chi connectivity index (χ1v) is 6.55. The van der Waals surface area contributed by atoms with E-state index in [2.05, 4.69) is 5.32 Å². The summed E-state index contributed by atoms with van der Waals surface area (Å²) in [5, 5.41) is 11.5. The van der Waals surface area contributed by atoms with Crippen LogP contribution in [0, 0.1) is 11.3 Å². The first-order chi connectivity index (χ1) is 10.1. The summed E-state index contributed by atoms with van der Waals surface area (Å²) in [6.07, 6.45) is 3.74. The van der Waals surface area contributed by atoms with Crippen molar-refractivity contribution < 1.29 is 9.36 Å². The fraction of sp³-hybridized carbons (Fsp3) is 0.188. The molecule has 21 heavy (non-hydrogen) atoms. The maximum Gasteiger partial charge on any atom is 0.290 e. The molecule has 0 radical (unpaired) electrons. The number of benzene rings is 1. The average molecular weight is 281 g/mol. The lowest BCUT2D eigenvalue weighted by molar-refractivity contribution is -0.684. The molecule has 0 saturated carbocycles. The summed E-state index contributed by atoms with van der Waals surface area (Å²) in [5.41, 5.74) is 2.34. The Balaban J connectivity index is 1.96. The van der Waals surface area contributed by atoms with E-state index in [9.17, 15) is 4.79 Å². The van der Waals surface area contributed by atoms with Crippen molar-refractivity contribution in [2.24, 2.45) is 0 Å². The molecule has 0 bridgehead atoms. The van der Waals surface area contributed by atoms with E-state index in [1.54, 1.807) is 24.3 Å². The van der Waals surface area contributed by atoms with Crippen molar-refractivity contribution in [1.29, 1.82) is 5.26 Å². The zero-order chi connectivity index (χ0) is 15.2. The number of anilines is 2. The van der Waals surface area contributed by atoms with Crippen molar-refractivity contribution in [3.05, 3.63) is 54.4 Å². The smallest absolute Gasteiger partial charge is 0.290 e. The Hall–Kier alpha value is -2.87. The van der Waals surface area contributed by atoms with Gasteiger partial charge in [-0.25, -0.2) is 0 Å². The molecule has 5 heteroatoms. The van der Waals surface area contributed by atoms with E-state index in [1.165, 1.54) is 0 Å². The zero-order valence-electron chi connectivity index (χ0n) is 12.1. The van der Waals surface area contributed by atoms with Gasteiger partial charge in [-0.1, -0.05) is 0 Å². The number of nitrogens with one attached hydrogen (secondary N) is 1. The number of nitriles is 1. The molecule has 1 amide bonds. The summed E-state index contributed by atoms with van der Waals surface area (Å²) in [4.78, 5) is 13.9. The first kappa shape index (κ1) is 14.5. The largest absolute Gasteiger partial charge is 0.377 e. The van der Waals surface area contributed by atoms with Gasteiger partial charge in [-0.2, -0.15) is 9.83 Å². The van der Waals surface area contributed by atoms with Gasteiger partial charge in [0.15, 0.2) is 12.4 Å². The standard InChI is InChI=1S/C16H16N4O/c1-19(2)15-7-9-20(10-8-15)12-16(21)18-14-5-3-13(11-17)4-6-14/h3-10H,12H2,1-2H3/p+1. The van der Waals surface area contributed by atoms with Crippen molar-refractivity contribution in [2.45, 2.75) is 6.54 Å². The molecule has 106 valence electrons. The van der Waals surface area contributed by atoms with E-state index in [-0.39, 0.29) is 12.5 Å². The number of carbonyl (C=O) groups excluding carboxylic acids is 1. The molecule has 0 fully saturated rings. The lowest BCUT2D eigenvalue weighted by atomic mass is 10.2. The van der Waals surface area contributed by atoms with Crippen LogP contribution in [0.3, 0.4) is 0 Å². The van der Waals surface area contributed by atoms with Crippen molar-refractivity contribution in [1.82, 2.24) is 0 Å². The van der Waals surface area contributed by atoms with Crippen LogP contribution in [-0.2, 0) is 11.3 Å². The van der Waals surface area contributed by atoms with Gasteiger partial charge in [0, 0.05) is 37.6 Å². The highest BCUT2D eigenvalue weighted by molar-refractivity contribution is 5.89. The summed E-state index contributed by atoms with van der Waals surface area (Å²) in [6, 6.07) is 12.7. The lowest BCUT2D eigenvalue weighted by Gasteiger charge is -2.10. The highest BCUT2D eigenvalue weighted by atomic mass is 16.1. The predicted molar refractivity (Wildman–Crippen MR) is 80.8 cm³/mol. The lowest BCUT2D eigenvalue weighted by Crippen LogP contribution is -2.39. The molecule has 2 aromatic rings. The molecule has 1 aromatic carbocycles. The molecule has 0 aliphatic carbocycles. The second-order valence-corrected chi connectivity index (χ2v) is 4.86. The third kappa shape index (κ3) is 4.05. The highest BCUT2D eigenvalue weighted by Crippen LogP contribution is 2.09. The molecular formula is C16H17N4O+. The van der Waals surface area contributed by atoms with Crippen molar-refractivity contribution in [2.75, 3.05) is 24.3 Å². The average Bonchev–Trinajstić information content (AvgIpc) is 2.48. The molecule has 1 N–H and O–H groups in total. The second kappa shape index (κ2) is 6.53. The Bertz CT molecular complexity index is 654. The minimum Gasteiger partial charge on any atom is -0.377 e. The summed E-state index contributed by atoms with van der Waals surface area (Å²) in [6.45, 7) is 0.244. The first-order valence-electron chi connectivity index (χ1n) is 6.55. The second-order valence-electron chi connectivity index (χ2n) is 4.86. The third-order valence-electron chi connectivity index (χ3n) is 3.01. The van der Waals surface area contributed by atoms with Gasteiger partial charge in [0.25, 0.3) is 5.91 Å². The Morgan fingerprint density at radius 1 is 1.19 bits per heavy atom. The van der Waals surface area contributed by atoms with Crippen LogP contribution in [0.5, 0.6) is 0 Å². The maximum atomic E-state index is 11.9. The monoisotopic (exact) mass is 281 g/mol. The van der Waals surface area contributed by atoms with E-state index in [0.29, 0.717) is 11.3 Å². The van der Waals surface area contributed by atoms with E-state index in [1.807, 2.05) is 54.2 Å². The van der Waals surface area contributed by atoms with Crippen LogP contribution in [0.1, 0.15) is 5.56 Å². The predicted octanol–water partition coefficient (Wildman–Crippen LogP) is 1.55. The van der Waals surface area contributed by atoms with Gasteiger partial charge in [-0.15, -0.1) is 0 Å². The summed E-state index contributed by atoms with van der Waals surface area (Å²) in [5.74, 6) is -0.109. The molecule has 2 rings (SSSR count). The number of rotatable bonds is 4. The quantitative estimate of drug-likeness (QED) is 0.865. The molecule has 0 spiro atoms. The van der Waals surface area contributed by atoms with Gasteiger partial charge in [-0.05, 0) is 24.3 Å². The van der Waals surface area contributed by atoms with Gasteiger partial charge in [0.2, 0.25) is 6.54 Å². The van der Waals surface area contributed by atoms with Gasteiger partial charge < -0.3 is 10.2 Å². The number of amides is 1.